The Morgan fingerprint density at radius 1 is 1.55 bits per heavy atom. The third kappa shape index (κ3) is 3.20. The number of nitrogens with one attached hydrogen (secondary N) is 1. The van der Waals surface area contributed by atoms with Gasteiger partial charge in [0.05, 0.1) is 17.5 Å². The lowest BCUT2D eigenvalue weighted by Crippen LogP contribution is -2.58. The van der Waals surface area contributed by atoms with Crippen LogP contribution in [0.1, 0.15) is 33.1 Å². The van der Waals surface area contributed by atoms with Crippen molar-refractivity contribution in [2.24, 2.45) is 0 Å². The average Bonchev–Trinajstić information content (AvgIpc) is 2.83. The van der Waals surface area contributed by atoms with Gasteiger partial charge in [0.25, 0.3) is 0 Å². The van der Waals surface area contributed by atoms with E-state index in [1.165, 1.54) is 16.7 Å². The van der Waals surface area contributed by atoms with Crippen molar-refractivity contribution < 1.29 is 19.4 Å². The standard InChI is InChI=1S/C13H22N2O4S/c1-3-10-15(9(7-20-10)11(16)17)12(18)14-13(2)5-4-6-19-8-13/h9-10H,3-8H2,1-2H3,(H,14,18)(H,16,17). The summed E-state index contributed by atoms with van der Waals surface area (Å²) in [5.41, 5.74) is -0.399. The second kappa shape index (κ2) is 6.22. The number of aliphatic carboxylic acids is 1. The van der Waals surface area contributed by atoms with Crippen LogP contribution in [-0.2, 0) is 9.53 Å². The molecular weight excluding hydrogens is 280 g/mol. The van der Waals surface area contributed by atoms with Gasteiger partial charge in [0.15, 0.2) is 0 Å². The molecule has 2 aliphatic rings. The number of hydrogen-bond acceptors (Lipinski definition) is 4. The number of amides is 2. The van der Waals surface area contributed by atoms with E-state index in [1.807, 2.05) is 13.8 Å². The Labute approximate surface area is 123 Å². The lowest BCUT2D eigenvalue weighted by Gasteiger charge is -2.37. The van der Waals surface area contributed by atoms with Crippen LogP contribution in [0, 0.1) is 0 Å². The minimum Gasteiger partial charge on any atom is -0.480 e. The summed E-state index contributed by atoms with van der Waals surface area (Å²) in [5.74, 6) is -0.484. The van der Waals surface area contributed by atoms with Gasteiger partial charge in [0, 0.05) is 12.4 Å². The number of carboxylic acid groups (broad SMARTS) is 1. The number of ether oxygens (including phenoxy) is 1. The molecule has 0 aromatic carbocycles. The van der Waals surface area contributed by atoms with Crippen LogP contribution in [0.4, 0.5) is 4.79 Å². The second-order valence-corrected chi connectivity index (χ2v) is 6.82. The molecule has 2 fully saturated rings. The van der Waals surface area contributed by atoms with Crippen LogP contribution >= 0.6 is 11.8 Å². The molecule has 0 aliphatic carbocycles. The van der Waals surface area contributed by atoms with Crippen molar-refractivity contribution in [2.75, 3.05) is 19.0 Å². The summed E-state index contributed by atoms with van der Waals surface area (Å²) in [5, 5.41) is 12.2. The summed E-state index contributed by atoms with van der Waals surface area (Å²) in [6.45, 7) is 5.12. The molecule has 0 aromatic rings. The fourth-order valence-electron chi connectivity index (χ4n) is 2.70. The maximum atomic E-state index is 12.5. The average molecular weight is 302 g/mol. The van der Waals surface area contributed by atoms with E-state index in [1.54, 1.807) is 0 Å². The van der Waals surface area contributed by atoms with Gasteiger partial charge in [-0.05, 0) is 26.2 Å². The molecule has 0 saturated carbocycles. The first-order chi connectivity index (χ1) is 9.47. The van der Waals surface area contributed by atoms with E-state index in [2.05, 4.69) is 5.32 Å². The molecule has 2 heterocycles. The molecule has 2 rings (SSSR count). The van der Waals surface area contributed by atoms with Crippen LogP contribution in [0.15, 0.2) is 0 Å². The van der Waals surface area contributed by atoms with Crippen LogP contribution in [-0.4, -0.2) is 57.9 Å². The predicted molar refractivity (Wildman–Crippen MR) is 76.8 cm³/mol. The first kappa shape index (κ1) is 15.4. The van der Waals surface area contributed by atoms with Gasteiger partial charge in [0.2, 0.25) is 0 Å². The van der Waals surface area contributed by atoms with E-state index < -0.39 is 17.6 Å². The lowest BCUT2D eigenvalue weighted by molar-refractivity contribution is -0.141. The van der Waals surface area contributed by atoms with Crippen molar-refractivity contribution in [2.45, 2.75) is 50.1 Å². The highest BCUT2D eigenvalue weighted by Crippen LogP contribution is 2.32. The fourth-order valence-corrected chi connectivity index (χ4v) is 4.04. The van der Waals surface area contributed by atoms with Gasteiger partial charge in [-0.15, -0.1) is 11.8 Å². The highest BCUT2D eigenvalue weighted by molar-refractivity contribution is 8.00. The zero-order valence-corrected chi connectivity index (χ0v) is 12.7. The molecular formula is C13H22N2O4S. The fraction of sp³-hybridized carbons (Fsp3) is 0.846. The molecule has 0 spiro atoms. The second-order valence-electron chi connectivity index (χ2n) is 5.60. The van der Waals surface area contributed by atoms with E-state index in [9.17, 15) is 14.7 Å². The van der Waals surface area contributed by atoms with E-state index in [0.717, 1.165) is 25.9 Å². The summed E-state index contributed by atoms with van der Waals surface area (Å²) in [4.78, 5) is 25.3. The minimum atomic E-state index is -0.936. The van der Waals surface area contributed by atoms with Gasteiger partial charge in [0.1, 0.15) is 6.04 Å². The van der Waals surface area contributed by atoms with Crippen LogP contribution in [0.25, 0.3) is 0 Å². The molecule has 2 aliphatic heterocycles. The maximum absolute atomic E-state index is 12.5. The quantitative estimate of drug-likeness (QED) is 0.826. The molecule has 7 heteroatoms. The molecule has 0 radical (unpaired) electrons. The third-order valence-corrected chi connectivity index (χ3v) is 5.26. The van der Waals surface area contributed by atoms with Gasteiger partial charge in [-0.1, -0.05) is 6.92 Å². The molecule has 114 valence electrons. The largest absolute Gasteiger partial charge is 0.480 e. The Hall–Kier alpha value is -0.950. The number of carbonyl (C=O) groups is 2. The van der Waals surface area contributed by atoms with Crippen LogP contribution < -0.4 is 5.32 Å². The maximum Gasteiger partial charge on any atom is 0.327 e. The minimum absolute atomic E-state index is 0.0655. The van der Waals surface area contributed by atoms with Gasteiger partial charge in [-0.3, -0.25) is 4.90 Å². The lowest BCUT2D eigenvalue weighted by atomic mass is 9.95. The van der Waals surface area contributed by atoms with Gasteiger partial charge in [-0.2, -0.15) is 0 Å². The SMILES string of the molecule is CCC1SCC(C(=O)O)N1C(=O)NC1(C)CCCOC1. The van der Waals surface area contributed by atoms with Crippen molar-refractivity contribution in [3.05, 3.63) is 0 Å². The van der Waals surface area contributed by atoms with Crippen molar-refractivity contribution in [3.63, 3.8) is 0 Å². The third-order valence-electron chi connectivity index (χ3n) is 3.81. The summed E-state index contributed by atoms with van der Waals surface area (Å²) >= 11 is 1.53. The highest BCUT2D eigenvalue weighted by Gasteiger charge is 2.42. The zero-order valence-electron chi connectivity index (χ0n) is 11.9. The number of carbonyl (C=O) groups excluding carboxylic acids is 1. The van der Waals surface area contributed by atoms with Crippen molar-refractivity contribution >= 4 is 23.8 Å². The molecule has 2 saturated heterocycles. The molecule has 0 bridgehead atoms. The van der Waals surface area contributed by atoms with E-state index >= 15 is 0 Å². The molecule has 0 aromatic heterocycles. The van der Waals surface area contributed by atoms with Crippen molar-refractivity contribution in [3.8, 4) is 0 Å². The monoisotopic (exact) mass is 302 g/mol. The van der Waals surface area contributed by atoms with E-state index in [4.69, 9.17) is 4.74 Å². The summed E-state index contributed by atoms with van der Waals surface area (Å²) in [7, 11) is 0. The molecule has 3 unspecified atom stereocenters. The zero-order chi connectivity index (χ0) is 14.8. The summed E-state index contributed by atoms with van der Waals surface area (Å²) < 4.78 is 5.42. The van der Waals surface area contributed by atoms with Gasteiger partial charge >= 0.3 is 12.0 Å². The number of urea groups is 1. The van der Waals surface area contributed by atoms with E-state index in [0.29, 0.717) is 12.4 Å². The van der Waals surface area contributed by atoms with Crippen LogP contribution in [0.3, 0.4) is 0 Å². The highest BCUT2D eigenvalue weighted by atomic mass is 32.2. The Balaban J connectivity index is 2.06. The number of thioether (sulfide) groups is 1. The summed E-state index contributed by atoms with van der Waals surface area (Å²) in [6, 6.07) is -1.03. The van der Waals surface area contributed by atoms with Gasteiger partial charge < -0.3 is 15.2 Å². The molecule has 3 atom stereocenters. The Kier molecular flexibility index (Phi) is 4.80. The molecule has 6 nitrogen and oxygen atoms in total. The molecule has 2 N–H and O–H groups in total. The summed E-state index contributed by atoms with van der Waals surface area (Å²) in [6.07, 6.45) is 2.51. The number of hydrogen-bond donors (Lipinski definition) is 2. The molecule has 2 amide bonds. The van der Waals surface area contributed by atoms with Crippen LogP contribution in [0.2, 0.25) is 0 Å². The Bertz CT molecular complexity index is 385. The normalized spacial score (nSPS) is 34.0. The number of nitrogens with zero attached hydrogens (tertiary/aromatic N) is 1. The topological polar surface area (TPSA) is 78.9 Å². The first-order valence-corrected chi connectivity index (χ1v) is 8.04. The predicted octanol–water partition coefficient (Wildman–Crippen LogP) is 1.50. The number of rotatable bonds is 3. The smallest absolute Gasteiger partial charge is 0.327 e. The van der Waals surface area contributed by atoms with Crippen LogP contribution in [0.5, 0.6) is 0 Å². The van der Waals surface area contributed by atoms with Gasteiger partial charge in [-0.25, -0.2) is 9.59 Å². The Morgan fingerprint density at radius 2 is 2.30 bits per heavy atom. The first-order valence-electron chi connectivity index (χ1n) is 6.99. The molecule has 20 heavy (non-hydrogen) atoms. The Morgan fingerprint density at radius 3 is 2.85 bits per heavy atom. The van der Waals surface area contributed by atoms with Crippen molar-refractivity contribution in [1.82, 2.24) is 10.2 Å². The van der Waals surface area contributed by atoms with E-state index in [-0.39, 0.29) is 11.4 Å². The van der Waals surface area contributed by atoms with Crippen molar-refractivity contribution in [1.29, 1.82) is 0 Å². The number of carboxylic acids is 1.